The molecule has 5 nitrogen and oxygen atoms in total. The van der Waals surface area contributed by atoms with E-state index in [9.17, 15) is 5.11 Å². The Hall–Kier alpha value is -2.27. The number of fused-ring (bicyclic) bond motifs is 1. The molecule has 108 valence electrons. The Morgan fingerprint density at radius 2 is 1.90 bits per heavy atom. The number of nitrogens with zero attached hydrogens (tertiary/aromatic N) is 4. The quantitative estimate of drug-likeness (QED) is 0.798. The fraction of sp³-hybridized carbons (Fsp3) is 0.312. The lowest BCUT2D eigenvalue weighted by Crippen LogP contribution is -2.18. The second-order valence-corrected chi connectivity index (χ2v) is 5.47. The Kier molecular flexibility index (Phi) is 3.66. The Labute approximate surface area is 123 Å². The zero-order valence-electron chi connectivity index (χ0n) is 12.1. The van der Waals surface area contributed by atoms with Crippen LogP contribution in [0.15, 0.2) is 42.9 Å². The molecular weight excluding hydrogens is 264 g/mol. The maximum atomic E-state index is 10.1. The van der Waals surface area contributed by atoms with Gasteiger partial charge in [-0.05, 0) is 18.1 Å². The molecule has 1 unspecified atom stereocenters. The van der Waals surface area contributed by atoms with Crippen molar-refractivity contribution in [2.75, 3.05) is 0 Å². The number of aliphatic hydroxyl groups is 1. The summed E-state index contributed by atoms with van der Waals surface area (Å²) in [5.74, 6) is 0.194. The monoisotopic (exact) mass is 282 g/mol. The first-order chi connectivity index (χ1) is 10.2. The van der Waals surface area contributed by atoms with Crippen LogP contribution >= 0.6 is 0 Å². The van der Waals surface area contributed by atoms with Crippen LogP contribution in [0.25, 0.3) is 16.7 Å². The standard InChI is InChI=1S/C16H18N4O/c1-11(2)15(21)8-14-13-9-19-20(16(13)18-10-17-14)12-6-4-3-5-7-12/h3-7,9-11,15,21H,8H2,1-2H3. The Morgan fingerprint density at radius 1 is 1.14 bits per heavy atom. The topological polar surface area (TPSA) is 63.8 Å². The van der Waals surface area contributed by atoms with E-state index < -0.39 is 6.10 Å². The molecule has 21 heavy (non-hydrogen) atoms. The summed E-state index contributed by atoms with van der Waals surface area (Å²) in [7, 11) is 0. The molecule has 0 amide bonds. The van der Waals surface area contributed by atoms with E-state index in [0.717, 1.165) is 22.4 Å². The average Bonchev–Trinajstić information content (AvgIpc) is 2.93. The van der Waals surface area contributed by atoms with Gasteiger partial charge in [-0.15, -0.1) is 0 Å². The van der Waals surface area contributed by atoms with Crippen molar-refractivity contribution in [3.63, 3.8) is 0 Å². The van der Waals surface area contributed by atoms with Gasteiger partial charge in [-0.25, -0.2) is 14.6 Å². The van der Waals surface area contributed by atoms with Gasteiger partial charge in [0.25, 0.3) is 0 Å². The van der Waals surface area contributed by atoms with Crippen LogP contribution in [0.3, 0.4) is 0 Å². The highest BCUT2D eigenvalue weighted by atomic mass is 16.3. The number of para-hydroxylation sites is 1. The summed E-state index contributed by atoms with van der Waals surface area (Å²) in [5, 5.41) is 15.4. The van der Waals surface area contributed by atoms with Gasteiger partial charge >= 0.3 is 0 Å². The van der Waals surface area contributed by atoms with E-state index in [0.29, 0.717) is 6.42 Å². The third-order valence-electron chi connectivity index (χ3n) is 3.62. The van der Waals surface area contributed by atoms with Crippen LogP contribution in [0.5, 0.6) is 0 Å². The summed E-state index contributed by atoms with van der Waals surface area (Å²) in [4.78, 5) is 8.65. The molecule has 2 aromatic heterocycles. The molecular formula is C16H18N4O. The highest BCUT2D eigenvalue weighted by molar-refractivity contribution is 5.78. The van der Waals surface area contributed by atoms with Crippen molar-refractivity contribution in [1.82, 2.24) is 19.7 Å². The van der Waals surface area contributed by atoms with Crippen molar-refractivity contribution in [3.05, 3.63) is 48.5 Å². The predicted molar refractivity (Wildman–Crippen MR) is 81.2 cm³/mol. The Morgan fingerprint density at radius 3 is 2.62 bits per heavy atom. The zero-order chi connectivity index (χ0) is 14.8. The molecule has 0 spiro atoms. The lowest BCUT2D eigenvalue weighted by molar-refractivity contribution is 0.125. The summed E-state index contributed by atoms with van der Waals surface area (Å²) >= 11 is 0. The summed E-state index contributed by atoms with van der Waals surface area (Å²) in [5.41, 5.74) is 2.56. The van der Waals surface area contributed by atoms with Gasteiger partial charge in [-0.2, -0.15) is 5.10 Å². The smallest absolute Gasteiger partial charge is 0.166 e. The number of benzene rings is 1. The van der Waals surface area contributed by atoms with Crippen molar-refractivity contribution in [2.24, 2.45) is 5.92 Å². The second kappa shape index (κ2) is 5.61. The minimum absolute atomic E-state index is 0.194. The normalized spacial score (nSPS) is 13.0. The van der Waals surface area contributed by atoms with Crippen molar-refractivity contribution in [2.45, 2.75) is 26.4 Å². The van der Waals surface area contributed by atoms with Gasteiger partial charge in [-0.3, -0.25) is 0 Å². The van der Waals surface area contributed by atoms with Gasteiger partial charge in [0.1, 0.15) is 6.33 Å². The first kappa shape index (κ1) is 13.7. The first-order valence-corrected chi connectivity index (χ1v) is 7.08. The van der Waals surface area contributed by atoms with Crippen LogP contribution in [-0.2, 0) is 6.42 Å². The molecule has 1 aromatic carbocycles. The van der Waals surface area contributed by atoms with Crippen molar-refractivity contribution in [3.8, 4) is 5.69 Å². The summed E-state index contributed by atoms with van der Waals surface area (Å²) in [6.07, 6.45) is 3.40. The van der Waals surface area contributed by atoms with Crippen molar-refractivity contribution < 1.29 is 5.11 Å². The molecule has 0 aliphatic heterocycles. The molecule has 1 atom stereocenters. The van der Waals surface area contributed by atoms with Crippen LogP contribution in [0.2, 0.25) is 0 Å². The maximum Gasteiger partial charge on any atom is 0.166 e. The molecule has 0 radical (unpaired) electrons. The molecule has 0 fully saturated rings. The third-order valence-corrected chi connectivity index (χ3v) is 3.62. The SMILES string of the molecule is CC(C)C(O)Cc1ncnc2c1cnn2-c1ccccc1. The van der Waals surface area contributed by atoms with E-state index in [1.807, 2.05) is 44.2 Å². The third kappa shape index (κ3) is 2.64. The zero-order valence-corrected chi connectivity index (χ0v) is 12.1. The van der Waals surface area contributed by atoms with Gasteiger partial charge in [0, 0.05) is 6.42 Å². The average molecular weight is 282 g/mol. The van der Waals surface area contributed by atoms with E-state index in [4.69, 9.17) is 0 Å². The van der Waals surface area contributed by atoms with Crippen LogP contribution in [0.1, 0.15) is 19.5 Å². The fourth-order valence-electron chi connectivity index (χ4n) is 2.25. The Bertz CT molecular complexity index is 736. The van der Waals surface area contributed by atoms with E-state index in [1.54, 1.807) is 10.9 Å². The van der Waals surface area contributed by atoms with E-state index in [1.165, 1.54) is 6.33 Å². The maximum absolute atomic E-state index is 10.1. The van der Waals surface area contributed by atoms with E-state index >= 15 is 0 Å². The summed E-state index contributed by atoms with van der Waals surface area (Å²) < 4.78 is 1.79. The minimum atomic E-state index is -0.414. The predicted octanol–water partition coefficient (Wildman–Crippen LogP) is 2.37. The van der Waals surface area contributed by atoms with Gasteiger partial charge in [0.05, 0.1) is 29.1 Å². The van der Waals surface area contributed by atoms with Crippen LogP contribution in [0, 0.1) is 5.92 Å². The van der Waals surface area contributed by atoms with Crippen molar-refractivity contribution >= 4 is 11.0 Å². The van der Waals surface area contributed by atoms with Gasteiger partial charge in [-0.1, -0.05) is 32.0 Å². The molecule has 3 aromatic rings. The molecule has 1 N–H and O–H groups in total. The minimum Gasteiger partial charge on any atom is -0.392 e. The van der Waals surface area contributed by atoms with E-state index in [2.05, 4.69) is 15.1 Å². The molecule has 0 saturated heterocycles. The number of aromatic nitrogens is 4. The molecule has 2 heterocycles. The molecule has 3 rings (SSSR count). The Balaban J connectivity index is 2.04. The van der Waals surface area contributed by atoms with Crippen LogP contribution < -0.4 is 0 Å². The summed E-state index contributed by atoms with van der Waals surface area (Å²) in [6, 6.07) is 9.86. The fourth-order valence-corrected chi connectivity index (χ4v) is 2.25. The van der Waals surface area contributed by atoms with E-state index in [-0.39, 0.29) is 5.92 Å². The van der Waals surface area contributed by atoms with Crippen LogP contribution in [-0.4, -0.2) is 31.0 Å². The number of rotatable bonds is 4. The largest absolute Gasteiger partial charge is 0.392 e. The molecule has 0 bridgehead atoms. The highest BCUT2D eigenvalue weighted by Gasteiger charge is 2.16. The lowest BCUT2D eigenvalue weighted by Gasteiger charge is -2.13. The van der Waals surface area contributed by atoms with Crippen molar-refractivity contribution in [1.29, 1.82) is 0 Å². The van der Waals surface area contributed by atoms with Crippen LogP contribution in [0.4, 0.5) is 0 Å². The molecule has 0 aliphatic rings. The summed E-state index contributed by atoms with van der Waals surface area (Å²) in [6.45, 7) is 3.99. The van der Waals surface area contributed by atoms with Gasteiger partial charge in [0.2, 0.25) is 0 Å². The van der Waals surface area contributed by atoms with Gasteiger partial charge < -0.3 is 5.11 Å². The van der Waals surface area contributed by atoms with Gasteiger partial charge in [0.15, 0.2) is 5.65 Å². The second-order valence-electron chi connectivity index (χ2n) is 5.47. The molecule has 0 aliphatic carbocycles. The lowest BCUT2D eigenvalue weighted by atomic mass is 10.0. The molecule has 0 saturated carbocycles. The highest BCUT2D eigenvalue weighted by Crippen LogP contribution is 2.20. The number of aliphatic hydroxyl groups excluding tert-OH is 1. The number of hydrogen-bond acceptors (Lipinski definition) is 4. The first-order valence-electron chi connectivity index (χ1n) is 7.08. The molecule has 5 heteroatoms. The number of hydrogen-bond donors (Lipinski definition) is 1.